The first-order valence-electron chi connectivity index (χ1n) is 11.1. The number of carbonyl (C=O) groups is 1. The quantitative estimate of drug-likeness (QED) is 0.578. The minimum Gasteiger partial charge on any atom is -0.349 e. The zero-order chi connectivity index (χ0) is 21.4. The van der Waals surface area contributed by atoms with Crippen molar-refractivity contribution in [2.45, 2.75) is 63.7 Å². The van der Waals surface area contributed by atoms with Gasteiger partial charge in [-0.3, -0.25) is 9.59 Å². The molecule has 1 unspecified atom stereocenters. The lowest BCUT2D eigenvalue weighted by Crippen LogP contribution is -2.28. The average Bonchev–Trinajstić information content (AvgIpc) is 3.34. The topological polar surface area (TPSA) is 74.8 Å². The maximum absolute atomic E-state index is 12.5. The Labute approximate surface area is 190 Å². The molecule has 0 radical (unpaired) electrons. The second-order valence-corrected chi connectivity index (χ2v) is 10.6. The van der Waals surface area contributed by atoms with Crippen LogP contribution in [0.3, 0.4) is 0 Å². The van der Waals surface area contributed by atoms with Crippen LogP contribution in [-0.2, 0) is 36.2 Å². The second-order valence-electron chi connectivity index (χ2n) is 8.57. The predicted octanol–water partition coefficient (Wildman–Crippen LogP) is 4.46. The van der Waals surface area contributed by atoms with Crippen molar-refractivity contribution in [3.05, 3.63) is 61.5 Å². The summed E-state index contributed by atoms with van der Waals surface area (Å²) in [6, 6.07) is 6.61. The largest absolute Gasteiger partial charge is 0.349 e. The third-order valence-corrected chi connectivity index (χ3v) is 8.48. The molecular formula is C24H27N3O2S2. The summed E-state index contributed by atoms with van der Waals surface area (Å²) in [5.74, 6) is 1.53. The van der Waals surface area contributed by atoms with Gasteiger partial charge in [-0.25, -0.2) is 4.98 Å². The minimum absolute atomic E-state index is 0.00810. The minimum atomic E-state index is -0.0366. The van der Waals surface area contributed by atoms with Gasteiger partial charge in [-0.15, -0.1) is 23.1 Å². The molecule has 0 spiro atoms. The van der Waals surface area contributed by atoms with Crippen LogP contribution in [0.2, 0.25) is 0 Å². The van der Waals surface area contributed by atoms with Gasteiger partial charge in [0.15, 0.2) is 0 Å². The third kappa shape index (κ3) is 4.30. The maximum atomic E-state index is 12.5. The Morgan fingerprint density at radius 2 is 2.03 bits per heavy atom. The number of thiophene rings is 1. The van der Waals surface area contributed by atoms with E-state index >= 15 is 0 Å². The van der Waals surface area contributed by atoms with Gasteiger partial charge in [0.1, 0.15) is 10.7 Å². The van der Waals surface area contributed by atoms with E-state index in [0.717, 1.165) is 35.9 Å². The highest BCUT2D eigenvalue weighted by Gasteiger charge is 2.21. The number of nitrogens with one attached hydrogen (secondary N) is 2. The van der Waals surface area contributed by atoms with E-state index in [4.69, 9.17) is 0 Å². The van der Waals surface area contributed by atoms with Crippen molar-refractivity contribution in [3.63, 3.8) is 0 Å². The lowest BCUT2D eigenvalue weighted by Gasteiger charge is -2.20. The molecule has 5 rings (SSSR count). The highest BCUT2D eigenvalue weighted by atomic mass is 32.2. The lowest BCUT2D eigenvalue weighted by molar-refractivity contribution is -0.119. The van der Waals surface area contributed by atoms with E-state index in [1.807, 2.05) is 6.92 Å². The van der Waals surface area contributed by atoms with Gasteiger partial charge in [-0.05, 0) is 74.1 Å². The van der Waals surface area contributed by atoms with Gasteiger partial charge in [-0.1, -0.05) is 18.2 Å². The molecule has 1 aromatic carbocycles. The second kappa shape index (κ2) is 8.79. The molecule has 1 atom stereocenters. The van der Waals surface area contributed by atoms with E-state index in [9.17, 15) is 9.59 Å². The summed E-state index contributed by atoms with van der Waals surface area (Å²) in [5, 5.41) is 3.89. The number of hydrogen-bond donors (Lipinski definition) is 2. The van der Waals surface area contributed by atoms with Crippen molar-refractivity contribution in [2.75, 3.05) is 5.75 Å². The maximum Gasteiger partial charge on any atom is 0.259 e. The molecule has 7 heteroatoms. The van der Waals surface area contributed by atoms with Gasteiger partial charge < -0.3 is 10.3 Å². The van der Waals surface area contributed by atoms with Crippen LogP contribution in [-0.4, -0.2) is 21.6 Å². The first-order valence-corrected chi connectivity index (χ1v) is 13.1. The fraction of sp³-hybridized carbons (Fsp3) is 0.458. The molecule has 1 amide bonds. The summed E-state index contributed by atoms with van der Waals surface area (Å²) >= 11 is 3.13. The predicted molar refractivity (Wildman–Crippen MR) is 128 cm³/mol. The standard InChI is InChI=1S/C24H27N3O2S2/c1-14(16-10-9-15-5-2-3-6-17(15)11-16)25-21(28)13-30-12-20-26-23(29)22-18-7-4-8-19(18)31-24(22)27-20/h9-11,14H,2-8,12-13H2,1H3,(H,25,28)(H,26,27,29). The first kappa shape index (κ1) is 20.8. The molecule has 2 heterocycles. The van der Waals surface area contributed by atoms with E-state index in [1.54, 1.807) is 11.3 Å². The normalized spacial score (nSPS) is 16.2. The fourth-order valence-electron chi connectivity index (χ4n) is 4.74. The molecule has 162 valence electrons. The number of carbonyl (C=O) groups excluding carboxylic acids is 1. The number of rotatable bonds is 6. The highest BCUT2D eigenvalue weighted by Crippen LogP contribution is 2.34. The molecule has 0 bridgehead atoms. The van der Waals surface area contributed by atoms with E-state index in [1.165, 1.54) is 58.2 Å². The molecule has 0 saturated carbocycles. The van der Waals surface area contributed by atoms with Gasteiger partial charge in [0, 0.05) is 4.88 Å². The monoisotopic (exact) mass is 453 g/mol. The summed E-state index contributed by atoms with van der Waals surface area (Å²) in [6.07, 6.45) is 8.01. The first-order chi connectivity index (χ1) is 15.1. The number of amides is 1. The summed E-state index contributed by atoms with van der Waals surface area (Å²) in [6.45, 7) is 2.04. The molecule has 31 heavy (non-hydrogen) atoms. The van der Waals surface area contributed by atoms with Crippen LogP contribution in [0.4, 0.5) is 0 Å². The summed E-state index contributed by atoms with van der Waals surface area (Å²) in [4.78, 5) is 34.7. The molecule has 2 aliphatic carbocycles. The number of aryl methyl sites for hydroxylation is 4. The van der Waals surface area contributed by atoms with E-state index in [2.05, 4.69) is 33.5 Å². The third-order valence-electron chi connectivity index (χ3n) is 6.35. The van der Waals surface area contributed by atoms with Crippen LogP contribution in [0, 0.1) is 0 Å². The van der Waals surface area contributed by atoms with Crippen molar-refractivity contribution in [1.82, 2.24) is 15.3 Å². The van der Waals surface area contributed by atoms with Gasteiger partial charge >= 0.3 is 0 Å². The zero-order valence-electron chi connectivity index (χ0n) is 17.8. The van der Waals surface area contributed by atoms with Crippen molar-refractivity contribution in [1.29, 1.82) is 0 Å². The van der Waals surface area contributed by atoms with Gasteiger partial charge in [0.25, 0.3) is 5.56 Å². The number of H-pyrrole nitrogens is 1. The van der Waals surface area contributed by atoms with Crippen LogP contribution < -0.4 is 10.9 Å². The zero-order valence-corrected chi connectivity index (χ0v) is 19.4. The summed E-state index contributed by atoms with van der Waals surface area (Å²) in [5.41, 5.74) is 5.22. The SMILES string of the molecule is CC(NC(=O)CSCc1nc2sc3c(c2c(=O)[nH]1)CCC3)c1ccc2c(c1)CCCC2. The fourth-order valence-corrected chi connectivity index (χ4v) is 6.73. The molecule has 0 saturated heterocycles. The Morgan fingerprint density at radius 1 is 1.19 bits per heavy atom. The number of aromatic amines is 1. The Morgan fingerprint density at radius 3 is 2.90 bits per heavy atom. The van der Waals surface area contributed by atoms with Gasteiger partial charge in [0.2, 0.25) is 5.91 Å². The Balaban J connectivity index is 1.17. The number of fused-ring (bicyclic) bond motifs is 4. The van der Waals surface area contributed by atoms with E-state index < -0.39 is 0 Å². The molecule has 2 aliphatic rings. The van der Waals surface area contributed by atoms with E-state index in [-0.39, 0.29) is 17.5 Å². The summed E-state index contributed by atoms with van der Waals surface area (Å²) in [7, 11) is 0. The number of hydrogen-bond acceptors (Lipinski definition) is 5. The Bertz CT molecular complexity index is 1200. The van der Waals surface area contributed by atoms with Crippen LogP contribution in [0.25, 0.3) is 10.2 Å². The molecule has 0 aliphatic heterocycles. The van der Waals surface area contributed by atoms with Crippen LogP contribution in [0.1, 0.15) is 65.2 Å². The van der Waals surface area contributed by atoms with Crippen LogP contribution in [0.5, 0.6) is 0 Å². The van der Waals surface area contributed by atoms with Crippen molar-refractivity contribution in [3.8, 4) is 0 Å². The van der Waals surface area contributed by atoms with Crippen LogP contribution >= 0.6 is 23.1 Å². The number of thioether (sulfide) groups is 1. The van der Waals surface area contributed by atoms with Crippen molar-refractivity contribution < 1.29 is 4.79 Å². The number of nitrogens with zero attached hydrogens (tertiary/aromatic N) is 1. The van der Waals surface area contributed by atoms with Crippen LogP contribution in [0.15, 0.2) is 23.0 Å². The molecule has 0 fully saturated rings. The van der Waals surface area contributed by atoms with Gasteiger partial charge in [-0.2, -0.15) is 0 Å². The number of benzene rings is 1. The van der Waals surface area contributed by atoms with Crippen molar-refractivity contribution in [2.24, 2.45) is 0 Å². The van der Waals surface area contributed by atoms with E-state index in [0.29, 0.717) is 17.3 Å². The smallest absolute Gasteiger partial charge is 0.259 e. The molecule has 2 aromatic heterocycles. The molecular weight excluding hydrogens is 426 g/mol. The molecule has 2 N–H and O–H groups in total. The van der Waals surface area contributed by atoms with Gasteiger partial charge in [0.05, 0.1) is 22.9 Å². The number of aromatic nitrogens is 2. The average molecular weight is 454 g/mol. The highest BCUT2D eigenvalue weighted by molar-refractivity contribution is 7.99. The molecule has 3 aromatic rings. The Hall–Kier alpha value is -2.12. The lowest BCUT2D eigenvalue weighted by atomic mass is 9.89. The molecule has 5 nitrogen and oxygen atoms in total. The van der Waals surface area contributed by atoms with Crippen molar-refractivity contribution >= 4 is 39.2 Å². The summed E-state index contributed by atoms with van der Waals surface area (Å²) < 4.78 is 0. The Kier molecular flexibility index (Phi) is 5.89.